The van der Waals surface area contributed by atoms with Crippen LogP contribution in [0.2, 0.25) is 0 Å². The number of aromatic nitrogens is 2. The van der Waals surface area contributed by atoms with Gasteiger partial charge in [0, 0.05) is 6.54 Å². The summed E-state index contributed by atoms with van der Waals surface area (Å²) in [5.74, 6) is 0.974. The summed E-state index contributed by atoms with van der Waals surface area (Å²) < 4.78 is 2.20. The topological polar surface area (TPSA) is 43.8 Å². The zero-order valence-electron chi connectivity index (χ0n) is 9.49. The number of nitrogens with zero attached hydrogens (tertiary/aromatic N) is 2. The first kappa shape index (κ1) is 10.2. The molecule has 0 radical (unpaired) electrons. The Kier molecular flexibility index (Phi) is 2.49. The third kappa shape index (κ3) is 1.53. The van der Waals surface area contributed by atoms with E-state index in [0.29, 0.717) is 0 Å². The number of hydrogen-bond donors (Lipinski definition) is 1. The van der Waals surface area contributed by atoms with Crippen molar-refractivity contribution < 1.29 is 0 Å². The molecule has 0 aliphatic carbocycles. The predicted molar refractivity (Wildman–Crippen MR) is 62.7 cm³/mol. The molecule has 0 spiro atoms. The van der Waals surface area contributed by atoms with Gasteiger partial charge in [-0.1, -0.05) is 12.1 Å². The van der Waals surface area contributed by atoms with Gasteiger partial charge in [0.2, 0.25) is 0 Å². The van der Waals surface area contributed by atoms with Gasteiger partial charge in [0.1, 0.15) is 5.82 Å². The van der Waals surface area contributed by atoms with E-state index < -0.39 is 0 Å². The van der Waals surface area contributed by atoms with Gasteiger partial charge in [0.15, 0.2) is 0 Å². The van der Waals surface area contributed by atoms with Gasteiger partial charge in [-0.25, -0.2) is 4.98 Å². The molecule has 3 nitrogen and oxygen atoms in total. The summed E-state index contributed by atoms with van der Waals surface area (Å²) in [7, 11) is 0. The molecule has 1 aromatic carbocycles. The number of nitrogens with two attached hydrogens (primary N) is 1. The monoisotopic (exact) mass is 203 g/mol. The lowest BCUT2D eigenvalue weighted by Crippen LogP contribution is -2.13. The van der Waals surface area contributed by atoms with Crippen LogP contribution >= 0.6 is 0 Å². The van der Waals surface area contributed by atoms with Crippen molar-refractivity contribution >= 4 is 11.0 Å². The lowest BCUT2D eigenvalue weighted by atomic mass is 10.2. The van der Waals surface area contributed by atoms with E-state index in [-0.39, 0.29) is 6.04 Å². The van der Waals surface area contributed by atoms with Crippen LogP contribution in [0.5, 0.6) is 0 Å². The summed E-state index contributed by atoms with van der Waals surface area (Å²) in [4.78, 5) is 4.58. The maximum atomic E-state index is 5.92. The van der Waals surface area contributed by atoms with Crippen LogP contribution in [0.4, 0.5) is 0 Å². The van der Waals surface area contributed by atoms with E-state index in [2.05, 4.69) is 29.5 Å². The Bertz CT molecular complexity index is 483. The third-order valence-corrected chi connectivity index (χ3v) is 2.72. The lowest BCUT2D eigenvalue weighted by molar-refractivity contribution is 0.649. The van der Waals surface area contributed by atoms with Gasteiger partial charge in [-0.2, -0.15) is 0 Å². The van der Waals surface area contributed by atoms with E-state index in [1.54, 1.807) is 0 Å². The molecule has 2 rings (SSSR count). The highest BCUT2D eigenvalue weighted by Gasteiger charge is 2.13. The van der Waals surface area contributed by atoms with Crippen LogP contribution in [0.15, 0.2) is 18.2 Å². The summed E-state index contributed by atoms with van der Waals surface area (Å²) in [5.41, 5.74) is 9.44. The Morgan fingerprint density at radius 2 is 2.20 bits per heavy atom. The first-order chi connectivity index (χ1) is 7.15. The van der Waals surface area contributed by atoms with Crippen LogP contribution in [0.3, 0.4) is 0 Å². The van der Waals surface area contributed by atoms with Gasteiger partial charge in [-0.05, 0) is 32.4 Å². The Morgan fingerprint density at radius 3 is 2.80 bits per heavy atom. The first-order valence-corrected chi connectivity index (χ1v) is 5.36. The second-order valence-electron chi connectivity index (χ2n) is 3.95. The minimum atomic E-state index is -0.0169. The Labute approximate surface area is 89.9 Å². The molecule has 1 atom stereocenters. The Hall–Kier alpha value is -1.35. The SMILES string of the molecule is CCn1c([C@@H](C)N)nc2cccc(C)c21. The number of benzene rings is 1. The molecule has 2 aromatic rings. The van der Waals surface area contributed by atoms with E-state index in [4.69, 9.17) is 5.73 Å². The molecule has 0 aliphatic rings. The van der Waals surface area contributed by atoms with Crippen molar-refractivity contribution in [3.8, 4) is 0 Å². The number of fused-ring (bicyclic) bond motifs is 1. The predicted octanol–water partition coefficient (Wildman–Crippen LogP) is 2.38. The van der Waals surface area contributed by atoms with E-state index in [9.17, 15) is 0 Å². The molecule has 0 saturated carbocycles. The molecule has 2 N–H and O–H groups in total. The molecule has 0 aliphatic heterocycles. The van der Waals surface area contributed by atoms with E-state index in [1.165, 1.54) is 11.1 Å². The van der Waals surface area contributed by atoms with Crippen LogP contribution in [-0.4, -0.2) is 9.55 Å². The van der Waals surface area contributed by atoms with Crippen LogP contribution in [0, 0.1) is 6.92 Å². The zero-order chi connectivity index (χ0) is 11.0. The van der Waals surface area contributed by atoms with Crippen molar-refractivity contribution in [2.24, 2.45) is 5.73 Å². The van der Waals surface area contributed by atoms with Crippen molar-refractivity contribution in [2.45, 2.75) is 33.4 Å². The van der Waals surface area contributed by atoms with Crippen LogP contribution in [0.1, 0.15) is 31.3 Å². The number of imidazole rings is 1. The first-order valence-electron chi connectivity index (χ1n) is 5.36. The fraction of sp³-hybridized carbons (Fsp3) is 0.417. The summed E-state index contributed by atoms with van der Waals surface area (Å²) in [6.07, 6.45) is 0. The van der Waals surface area contributed by atoms with Gasteiger partial charge >= 0.3 is 0 Å². The number of para-hydroxylation sites is 1. The van der Waals surface area contributed by atoms with Crippen molar-refractivity contribution in [3.63, 3.8) is 0 Å². The maximum absolute atomic E-state index is 5.92. The standard InChI is InChI=1S/C12H17N3/c1-4-15-11-8(2)6-5-7-10(11)14-12(15)9(3)13/h5-7,9H,4,13H2,1-3H3/t9-/m1/s1. The van der Waals surface area contributed by atoms with Gasteiger partial charge < -0.3 is 10.3 Å². The molecule has 1 heterocycles. The summed E-state index contributed by atoms with van der Waals surface area (Å²) >= 11 is 0. The number of aryl methyl sites for hydroxylation is 2. The van der Waals surface area contributed by atoms with E-state index in [0.717, 1.165) is 17.9 Å². The number of rotatable bonds is 2. The quantitative estimate of drug-likeness (QED) is 0.814. The molecule has 0 fully saturated rings. The largest absolute Gasteiger partial charge is 0.327 e. The zero-order valence-corrected chi connectivity index (χ0v) is 9.49. The normalized spacial score (nSPS) is 13.3. The summed E-state index contributed by atoms with van der Waals surface area (Å²) in [5, 5.41) is 0. The molecule has 0 bridgehead atoms. The van der Waals surface area contributed by atoms with Gasteiger partial charge in [0.25, 0.3) is 0 Å². The average molecular weight is 203 g/mol. The molecule has 0 amide bonds. The average Bonchev–Trinajstić information content (AvgIpc) is 2.57. The van der Waals surface area contributed by atoms with Crippen molar-refractivity contribution in [1.29, 1.82) is 0 Å². The van der Waals surface area contributed by atoms with Crippen molar-refractivity contribution in [3.05, 3.63) is 29.6 Å². The molecular weight excluding hydrogens is 186 g/mol. The Morgan fingerprint density at radius 1 is 1.47 bits per heavy atom. The smallest absolute Gasteiger partial charge is 0.126 e. The fourth-order valence-electron chi connectivity index (χ4n) is 2.05. The Balaban J connectivity index is 2.80. The highest BCUT2D eigenvalue weighted by molar-refractivity contribution is 5.79. The minimum absolute atomic E-state index is 0.0169. The molecular formula is C12H17N3. The van der Waals surface area contributed by atoms with Crippen LogP contribution in [0.25, 0.3) is 11.0 Å². The maximum Gasteiger partial charge on any atom is 0.126 e. The summed E-state index contributed by atoms with van der Waals surface area (Å²) in [6, 6.07) is 6.17. The van der Waals surface area contributed by atoms with Crippen molar-refractivity contribution in [2.75, 3.05) is 0 Å². The lowest BCUT2D eigenvalue weighted by Gasteiger charge is -2.09. The molecule has 15 heavy (non-hydrogen) atoms. The van der Waals surface area contributed by atoms with E-state index >= 15 is 0 Å². The molecule has 0 saturated heterocycles. The van der Waals surface area contributed by atoms with Crippen LogP contribution < -0.4 is 5.73 Å². The van der Waals surface area contributed by atoms with Gasteiger partial charge in [-0.15, -0.1) is 0 Å². The second kappa shape index (κ2) is 3.66. The van der Waals surface area contributed by atoms with Gasteiger partial charge in [0.05, 0.1) is 17.1 Å². The number of hydrogen-bond acceptors (Lipinski definition) is 2. The molecule has 3 heteroatoms. The fourth-order valence-corrected chi connectivity index (χ4v) is 2.05. The highest BCUT2D eigenvalue weighted by atomic mass is 15.1. The second-order valence-corrected chi connectivity index (χ2v) is 3.95. The summed E-state index contributed by atoms with van der Waals surface area (Å²) in [6.45, 7) is 7.13. The molecule has 80 valence electrons. The van der Waals surface area contributed by atoms with Gasteiger partial charge in [-0.3, -0.25) is 0 Å². The molecule has 0 unspecified atom stereocenters. The minimum Gasteiger partial charge on any atom is -0.327 e. The van der Waals surface area contributed by atoms with Crippen LogP contribution in [-0.2, 0) is 6.54 Å². The highest BCUT2D eigenvalue weighted by Crippen LogP contribution is 2.22. The molecule has 1 aromatic heterocycles. The van der Waals surface area contributed by atoms with E-state index in [1.807, 2.05) is 19.1 Å². The third-order valence-electron chi connectivity index (χ3n) is 2.72. The van der Waals surface area contributed by atoms with Crippen molar-refractivity contribution in [1.82, 2.24) is 9.55 Å².